The molecule has 1 aromatic carbocycles. The summed E-state index contributed by atoms with van der Waals surface area (Å²) in [7, 11) is 0. The fraction of sp³-hybridized carbons (Fsp3) is 0.571. The summed E-state index contributed by atoms with van der Waals surface area (Å²) in [6.45, 7) is 0.383. The van der Waals surface area contributed by atoms with E-state index in [9.17, 15) is 4.39 Å². The normalized spacial score (nSPS) is 18.8. The summed E-state index contributed by atoms with van der Waals surface area (Å²) < 4.78 is 13.8. The fourth-order valence-corrected chi connectivity index (χ4v) is 2.80. The lowest BCUT2D eigenvalue weighted by Crippen LogP contribution is -2.38. The van der Waals surface area contributed by atoms with Crippen molar-refractivity contribution in [1.29, 1.82) is 0 Å². The van der Waals surface area contributed by atoms with Crippen LogP contribution in [0.3, 0.4) is 0 Å². The summed E-state index contributed by atoms with van der Waals surface area (Å²) in [5.74, 6) is -0.238. The Balaban J connectivity index is 2.09. The van der Waals surface area contributed by atoms with E-state index in [0.29, 0.717) is 23.2 Å². The van der Waals surface area contributed by atoms with E-state index in [1.807, 2.05) is 0 Å². The molecule has 100 valence electrons. The van der Waals surface area contributed by atoms with Crippen molar-refractivity contribution in [2.75, 3.05) is 6.54 Å². The van der Waals surface area contributed by atoms with Gasteiger partial charge in [-0.05, 0) is 31.0 Å². The van der Waals surface area contributed by atoms with Crippen LogP contribution < -0.4 is 11.1 Å². The predicted octanol–water partition coefficient (Wildman–Crippen LogP) is 3.40. The molecular weight excluding hydrogens is 251 g/mol. The molecule has 1 saturated carbocycles. The first-order chi connectivity index (χ1) is 8.70. The van der Waals surface area contributed by atoms with Gasteiger partial charge in [0.15, 0.2) is 0 Å². The molecule has 0 amide bonds. The van der Waals surface area contributed by atoms with Crippen molar-refractivity contribution >= 4 is 11.6 Å². The molecule has 0 bridgehead atoms. The Morgan fingerprint density at radius 2 is 2.06 bits per heavy atom. The first-order valence-electron chi connectivity index (χ1n) is 6.62. The Kier molecular flexibility index (Phi) is 4.98. The quantitative estimate of drug-likeness (QED) is 0.880. The fourth-order valence-electron chi connectivity index (χ4n) is 2.62. The van der Waals surface area contributed by atoms with Gasteiger partial charge in [0.05, 0.1) is 0 Å². The maximum atomic E-state index is 13.8. The molecule has 1 fully saturated rings. The molecular formula is C14H20ClFN2. The van der Waals surface area contributed by atoms with E-state index in [1.54, 1.807) is 12.1 Å². The molecule has 1 aliphatic rings. The van der Waals surface area contributed by atoms with Crippen LogP contribution in [0.1, 0.15) is 43.7 Å². The van der Waals surface area contributed by atoms with Crippen LogP contribution in [0.15, 0.2) is 18.2 Å². The molecule has 0 aliphatic heterocycles. The highest BCUT2D eigenvalue weighted by molar-refractivity contribution is 6.30. The first-order valence-corrected chi connectivity index (χ1v) is 6.99. The van der Waals surface area contributed by atoms with Crippen LogP contribution in [0.4, 0.5) is 4.39 Å². The van der Waals surface area contributed by atoms with Gasteiger partial charge in [0, 0.05) is 29.2 Å². The van der Waals surface area contributed by atoms with Crippen LogP contribution in [0.25, 0.3) is 0 Å². The zero-order valence-corrected chi connectivity index (χ0v) is 11.2. The number of halogens is 2. The number of nitrogens with one attached hydrogen (secondary N) is 1. The van der Waals surface area contributed by atoms with E-state index in [0.717, 1.165) is 12.8 Å². The van der Waals surface area contributed by atoms with Crippen LogP contribution in [-0.4, -0.2) is 12.6 Å². The summed E-state index contributed by atoms with van der Waals surface area (Å²) in [5.41, 5.74) is 6.35. The van der Waals surface area contributed by atoms with Crippen molar-refractivity contribution in [3.05, 3.63) is 34.6 Å². The van der Waals surface area contributed by atoms with Gasteiger partial charge in [-0.15, -0.1) is 0 Å². The zero-order chi connectivity index (χ0) is 13.0. The van der Waals surface area contributed by atoms with Crippen molar-refractivity contribution in [2.45, 2.75) is 44.2 Å². The Morgan fingerprint density at radius 1 is 1.33 bits per heavy atom. The van der Waals surface area contributed by atoms with Gasteiger partial charge in [0.1, 0.15) is 5.82 Å². The minimum absolute atomic E-state index is 0.146. The summed E-state index contributed by atoms with van der Waals surface area (Å²) in [4.78, 5) is 0. The average molecular weight is 271 g/mol. The van der Waals surface area contributed by atoms with Crippen LogP contribution in [0.2, 0.25) is 5.02 Å². The minimum Gasteiger partial charge on any atom is -0.329 e. The molecule has 18 heavy (non-hydrogen) atoms. The molecule has 0 radical (unpaired) electrons. The van der Waals surface area contributed by atoms with E-state index in [4.69, 9.17) is 17.3 Å². The van der Waals surface area contributed by atoms with Gasteiger partial charge in [0.2, 0.25) is 0 Å². The maximum Gasteiger partial charge on any atom is 0.128 e. The number of benzene rings is 1. The van der Waals surface area contributed by atoms with Crippen LogP contribution >= 0.6 is 11.6 Å². The van der Waals surface area contributed by atoms with Gasteiger partial charge in [0.25, 0.3) is 0 Å². The molecule has 1 aromatic rings. The van der Waals surface area contributed by atoms with Gasteiger partial charge in [-0.1, -0.05) is 30.9 Å². The van der Waals surface area contributed by atoms with Crippen molar-refractivity contribution in [1.82, 2.24) is 5.32 Å². The molecule has 0 saturated heterocycles. The molecule has 3 N–H and O–H groups in total. The largest absolute Gasteiger partial charge is 0.329 e. The lowest BCUT2D eigenvalue weighted by Gasteiger charge is -2.28. The summed E-state index contributed by atoms with van der Waals surface area (Å²) in [6.07, 6.45) is 6.09. The molecule has 0 aromatic heterocycles. The Morgan fingerprint density at radius 3 is 2.72 bits per heavy atom. The number of hydrogen-bond acceptors (Lipinski definition) is 2. The molecule has 1 unspecified atom stereocenters. The molecule has 4 heteroatoms. The van der Waals surface area contributed by atoms with Gasteiger partial charge in [-0.2, -0.15) is 0 Å². The third-order valence-corrected chi connectivity index (χ3v) is 3.85. The molecule has 2 rings (SSSR count). The summed E-state index contributed by atoms with van der Waals surface area (Å²) in [5, 5.41) is 4.02. The second-order valence-corrected chi connectivity index (χ2v) is 5.39. The molecule has 2 nitrogen and oxygen atoms in total. The predicted molar refractivity (Wildman–Crippen MR) is 73.2 cm³/mol. The van der Waals surface area contributed by atoms with Crippen LogP contribution in [0, 0.1) is 5.82 Å². The van der Waals surface area contributed by atoms with E-state index in [1.165, 1.54) is 25.3 Å². The van der Waals surface area contributed by atoms with Gasteiger partial charge in [-0.25, -0.2) is 4.39 Å². The highest BCUT2D eigenvalue weighted by Gasteiger charge is 2.20. The third-order valence-electron chi connectivity index (χ3n) is 3.61. The van der Waals surface area contributed by atoms with Gasteiger partial charge >= 0.3 is 0 Å². The lowest BCUT2D eigenvalue weighted by molar-refractivity contribution is 0.337. The van der Waals surface area contributed by atoms with Crippen molar-refractivity contribution in [3.63, 3.8) is 0 Å². The van der Waals surface area contributed by atoms with E-state index in [2.05, 4.69) is 5.32 Å². The standard InChI is InChI=1S/C14H20ClFN2/c15-10-6-7-13(16)12(8-10)14(9-17)18-11-4-2-1-3-5-11/h6-8,11,14,18H,1-5,9,17H2. The lowest BCUT2D eigenvalue weighted by atomic mass is 9.94. The minimum atomic E-state index is -0.238. The number of hydrogen-bond donors (Lipinski definition) is 2. The highest BCUT2D eigenvalue weighted by atomic mass is 35.5. The molecule has 1 atom stereocenters. The molecule has 0 spiro atoms. The van der Waals surface area contributed by atoms with Crippen LogP contribution in [0.5, 0.6) is 0 Å². The summed E-state index contributed by atoms with van der Waals surface area (Å²) >= 11 is 5.93. The topological polar surface area (TPSA) is 38.0 Å². The van der Waals surface area contributed by atoms with E-state index in [-0.39, 0.29) is 11.9 Å². The Hall–Kier alpha value is -0.640. The Bertz CT molecular complexity index is 391. The smallest absolute Gasteiger partial charge is 0.128 e. The zero-order valence-electron chi connectivity index (χ0n) is 10.5. The number of rotatable bonds is 4. The second kappa shape index (κ2) is 6.50. The van der Waals surface area contributed by atoms with Crippen molar-refractivity contribution in [3.8, 4) is 0 Å². The van der Waals surface area contributed by atoms with Crippen LogP contribution in [-0.2, 0) is 0 Å². The molecule has 0 heterocycles. The van der Waals surface area contributed by atoms with Gasteiger partial charge in [-0.3, -0.25) is 0 Å². The maximum absolute atomic E-state index is 13.8. The monoisotopic (exact) mass is 270 g/mol. The average Bonchev–Trinajstić information content (AvgIpc) is 2.40. The SMILES string of the molecule is NCC(NC1CCCCC1)c1cc(Cl)ccc1F. The summed E-state index contributed by atoms with van der Waals surface area (Å²) in [6, 6.07) is 4.94. The van der Waals surface area contributed by atoms with Crippen molar-refractivity contribution < 1.29 is 4.39 Å². The Labute approximate surface area is 113 Å². The highest BCUT2D eigenvalue weighted by Crippen LogP contribution is 2.24. The van der Waals surface area contributed by atoms with Gasteiger partial charge < -0.3 is 11.1 Å². The third kappa shape index (κ3) is 3.44. The van der Waals surface area contributed by atoms with E-state index < -0.39 is 0 Å². The van der Waals surface area contributed by atoms with E-state index >= 15 is 0 Å². The molecule has 1 aliphatic carbocycles. The first kappa shape index (κ1) is 13.8. The van der Waals surface area contributed by atoms with Crippen molar-refractivity contribution in [2.24, 2.45) is 5.73 Å². The second-order valence-electron chi connectivity index (χ2n) is 4.96. The number of nitrogens with two attached hydrogens (primary N) is 1.